The Bertz CT molecular complexity index is 954. The van der Waals surface area contributed by atoms with Gasteiger partial charge in [-0.15, -0.1) is 5.10 Å². The molecule has 0 fully saturated rings. The number of aromatic nitrogens is 4. The van der Waals surface area contributed by atoms with Crippen LogP contribution in [-0.4, -0.2) is 32.1 Å². The SMILES string of the molecule is CCCOc1ccc(NC(=O)Cc2nc3nc(C)cc(C)n3n2)cc1Cl. The van der Waals surface area contributed by atoms with Crippen molar-refractivity contribution in [2.45, 2.75) is 33.6 Å². The Labute approximate surface area is 156 Å². The first-order valence-electron chi connectivity index (χ1n) is 8.38. The molecule has 2 aromatic heterocycles. The summed E-state index contributed by atoms with van der Waals surface area (Å²) >= 11 is 6.18. The zero-order valence-corrected chi connectivity index (χ0v) is 15.7. The Balaban J connectivity index is 1.69. The van der Waals surface area contributed by atoms with Gasteiger partial charge in [0.2, 0.25) is 5.91 Å². The lowest BCUT2D eigenvalue weighted by Crippen LogP contribution is -2.15. The number of carbonyl (C=O) groups is 1. The van der Waals surface area contributed by atoms with Crippen LogP contribution < -0.4 is 10.1 Å². The van der Waals surface area contributed by atoms with Crippen molar-refractivity contribution in [2.75, 3.05) is 11.9 Å². The van der Waals surface area contributed by atoms with Crippen LogP contribution in [0.3, 0.4) is 0 Å². The van der Waals surface area contributed by atoms with E-state index in [2.05, 4.69) is 20.4 Å². The van der Waals surface area contributed by atoms with E-state index in [9.17, 15) is 4.79 Å². The molecule has 2 heterocycles. The van der Waals surface area contributed by atoms with Crippen molar-refractivity contribution in [3.8, 4) is 5.75 Å². The van der Waals surface area contributed by atoms with E-state index in [-0.39, 0.29) is 12.3 Å². The molecule has 0 aliphatic carbocycles. The maximum absolute atomic E-state index is 12.3. The molecule has 0 aliphatic heterocycles. The number of hydrogen-bond donors (Lipinski definition) is 1. The van der Waals surface area contributed by atoms with Crippen molar-refractivity contribution < 1.29 is 9.53 Å². The van der Waals surface area contributed by atoms with Gasteiger partial charge in [0.05, 0.1) is 18.1 Å². The summed E-state index contributed by atoms with van der Waals surface area (Å²) in [5.41, 5.74) is 2.37. The smallest absolute Gasteiger partial charge is 0.252 e. The zero-order valence-electron chi connectivity index (χ0n) is 14.9. The van der Waals surface area contributed by atoms with Crippen molar-refractivity contribution in [1.29, 1.82) is 0 Å². The normalized spacial score (nSPS) is 10.9. The maximum atomic E-state index is 12.3. The summed E-state index contributed by atoms with van der Waals surface area (Å²) in [4.78, 5) is 20.9. The first-order valence-corrected chi connectivity index (χ1v) is 8.76. The highest BCUT2D eigenvalue weighted by Crippen LogP contribution is 2.27. The number of ether oxygens (including phenoxy) is 1. The van der Waals surface area contributed by atoms with Crippen LogP contribution in [-0.2, 0) is 11.2 Å². The molecule has 0 spiro atoms. The van der Waals surface area contributed by atoms with Gasteiger partial charge < -0.3 is 10.1 Å². The summed E-state index contributed by atoms with van der Waals surface area (Å²) in [5, 5.41) is 7.59. The lowest BCUT2D eigenvalue weighted by Gasteiger charge is -2.09. The number of nitrogens with zero attached hydrogens (tertiary/aromatic N) is 4. The summed E-state index contributed by atoms with van der Waals surface area (Å²) in [6, 6.07) is 7.07. The van der Waals surface area contributed by atoms with Gasteiger partial charge in [0.25, 0.3) is 5.78 Å². The number of aryl methyl sites for hydroxylation is 2. The topological polar surface area (TPSA) is 81.4 Å². The quantitative estimate of drug-likeness (QED) is 0.716. The van der Waals surface area contributed by atoms with Crippen molar-refractivity contribution in [1.82, 2.24) is 19.6 Å². The van der Waals surface area contributed by atoms with Crippen molar-refractivity contribution in [2.24, 2.45) is 0 Å². The lowest BCUT2D eigenvalue weighted by atomic mass is 10.3. The Kier molecular flexibility index (Phi) is 5.37. The van der Waals surface area contributed by atoms with Crippen molar-refractivity contribution >= 4 is 29.0 Å². The molecule has 0 unspecified atom stereocenters. The summed E-state index contributed by atoms with van der Waals surface area (Å²) in [5.74, 6) is 1.28. The molecule has 0 aliphatic rings. The van der Waals surface area contributed by atoms with Crippen LogP contribution in [0.5, 0.6) is 5.75 Å². The molecule has 0 radical (unpaired) electrons. The van der Waals surface area contributed by atoms with Crippen LogP contribution in [0, 0.1) is 13.8 Å². The van der Waals surface area contributed by atoms with Gasteiger partial charge >= 0.3 is 0 Å². The fourth-order valence-corrected chi connectivity index (χ4v) is 2.77. The minimum Gasteiger partial charge on any atom is -0.492 e. The highest BCUT2D eigenvalue weighted by Gasteiger charge is 2.13. The number of anilines is 1. The number of carbonyl (C=O) groups excluding carboxylic acids is 1. The van der Waals surface area contributed by atoms with Gasteiger partial charge in [0.15, 0.2) is 5.82 Å². The number of rotatable bonds is 6. The van der Waals surface area contributed by atoms with Gasteiger partial charge in [0.1, 0.15) is 5.75 Å². The molecule has 0 saturated carbocycles. The second kappa shape index (κ2) is 7.70. The summed E-state index contributed by atoms with van der Waals surface area (Å²) in [6.45, 7) is 6.43. The number of amides is 1. The summed E-state index contributed by atoms with van der Waals surface area (Å²) in [7, 11) is 0. The van der Waals surface area contributed by atoms with Gasteiger partial charge in [-0.1, -0.05) is 18.5 Å². The van der Waals surface area contributed by atoms with Gasteiger partial charge in [-0.05, 0) is 44.5 Å². The van der Waals surface area contributed by atoms with E-state index in [4.69, 9.17) is 16.3 Å². The average Bonchev–Trinajstić information content (AvgIpc) is 2.96. The standard InChI is InChI=1S/C18H20ClN5O2/c1-4-7-26-15-6-5-13(9-14(15)19)21-17(25)10-16-22-18-20-11(2)8-12(3)24(18)23-16/h5-6,8-9H,4,7,10H2,1-3H3,(H,21,25). The third-order valence-electron chi connectivity index (χ3n) is 3.66. The van der Waals surface area contributed by atoms with Crippen LogP contribution in [0.15, 0.2) is 24.3 Å². The van der Waals surface area contributed by atoms with Crippen LogP contribution in [0.4, 0.5) is 5.69 Å². The Hall–Kier alpha value is -2.67. The Morgan fingerprint density at radius 1 is 1.27 bits per heavy atom. The minimum absolute atomic E-state index is 0.0492. The molecule has 1 aromatic carbocycles. The molecular formula is C18H20ClN5O2. The first-order chi connectivity index (χ1) is 12.5. The summed E-state index contributed by atoms with van der Waals surface area (Å²) < 4.78 is 7.15. The second-order valence-corrected chi connectivity index (χ2v) is 6.40. The monoisotopic (exact) mass is 373 g/mol. The van der Waals surface area contributed by atoms with E-state index in [1.165, 1.54) is 0 Å². The van der Waals surface area contributed by atoms with Gasteiger partial charge in [0, 0.05) is 17.1 Å². The largest absolute Gasteiger partial charge is 0.492 e. The predicted molar refractivity (Wildman–Crippen MR) is 99.8 cm³/mol. The van der Waals surface area contributed by atoms with Crippen LogP contribution in [0.25, 0.3) is 5.78 Å². The van der Waals surface area contributed by atoms with E-state index < -0.39 is 0 Å². The lowest BCUT2D eigenvalue weighted by molar-refractivity contribution is -0.115. The molecule has 3 rings (SSSR count). The van der Waals surface area contributed by atoms with Crippen LogP contribution >= 0.6 is 11.6 Å². The number of nitrogens with one attached hydrogen (secondary N) is 1. The molecule has 0 atom stereocenters. The fourth-order valence-electron chi connectivity index (χ4n) is 2.54. The zero-order chi connectivity index (χ0) is 18.7. The molecule has 0 bridgehead atoms. The van der Waals surface area contributed by atoms with E-state index in [1.807, 2.05) is 26.8 Å². The highest BCUT2D eigenvalue weighted by atomic mass is 35.5. The third kappa shape index (κ3) is 4.11. The maximum Gasteiger partial charge on any atom is 0.252 e. The second-order valence-electron chi connectivity index (χ2n) is 6.00. The molecular weight excluding hydrogens is 354 g/mol. The van der Waals surface area contributed by atoms with Gasteiger partial charge in [-0.25, -0.2) is 9.50 Å². The molecule has 0 saturated heterocycles. The predicted octanol–water partition coefficient (Wildman–Crippen LogP) is 3.36. The number of halogens is 1. The van der Waals surface area contributed by atoms with Crippen LogP contribution in [0.2, 0.25) is 5.02 Å². The van der Waals surface area contributed by atoms with Crippen molar-refractivity contribution in [3.05, 3.63) is 46.5 Å². The first kappa shape index (κ1) is 18.1. The molecule has 1 N–H and O–H groups in total. The van der Waals surface area contributed by atoms with Gasteiger partial charge in [-0.3, -0.25) is 4.79 Å². The van der Waals surface area contributed by atoms with Crippen molar-refractivity contribution in [3.63, 3.8) is 0 Å². The number of fused-ring (bicyclic) bond motifs is 1. The minimum atomic E-state index is -0.228. The molecule has 1 amide bonds. The van der Waals surface area contributed by atoms with E-state index in [1.54, 1.807) is 22.7 Å². The Morgan fingerprint density at radius 2 is 2.08 bits per heavy atom. The highest BCUT2D eigenvalue weighted by molar-refractivity contribution is 6.32. The number of hydrogen-bond acceptors (Lipinski definition) is 5. The van der Waals surface area contributed by atoms with E-state index in [0.717, 1.165) is 17.8 Å². The summed E-state index contributed by atoms with van der Waals surface area (Å²) in [6.07, 6.45) is 0.947. The molecule has 136 valence electrons. The molecule has 7 nitrogen and oxygen atoms in total. The van der Waals surface area contributed by atoms with Crippen LogP contribution in [0.1, 0.15) is 30.6 Å². The number of benzene rings is 1. The Morgan fingerprint density at radius 3 is 2.81 bits per heavy atom. The molecule has 26 heavy (non-hydrogen) atoms. The average molecular weight is 374 g/mol. The fraction of sp³-hybridized carbons (Fsp3) is 0.333. The van der Waals surface area contributed by atoms with Gasteiger partial charge in [-0.2, -0.15) is 4.98 Å². The third-order valence-corrected chi connectivity index (χ3v) is 3.95. The molecule has 3 aromatic rings. The van der Waals surface area contributed by atoms with E-state index in [0.29, 0.717) is 34.7 Å². The molecule has 8 heteroatoms. The van der Waals surface area contributed by atoms with E-state index >= 15 is 0 Å².